The van der Waals surface area contributed by atoms with Crippen LogP contribution in [0.2, 0.25) is 5.02 Å². The van der Waals surface area contributed by atoms with Crippen LogP contribution >= 0.6 is 11.6 Å². The fraction of sp³-hybridized carbons (Fsp3) is 0.723. The fourth-order valence-electron chi connectivity index (χ4n) is 13.9. The molecule has 4 saturated carbocycles. The summed E-state index contributed by atoms with van der Waals surface area (Å²) in [5, 5.41) is 10.2. The third kappa shape index (κ3) is 6.39. The van der Waals surface area contributed by atoms with Crippen molar-refractivity contribution in [1.29, 1.82) is 0 Å². The molecule has 5 aliphatic carbocycles. The van der Waals surface area contributed by atoms with Crippen LogP contribution in [0.25, 0.3) is 5.82 Å². The lowest BCUT2D eigenvalue weighted by Gasteiger charge is -2.72. The summed E-state index contributed by atoms with van der Waals surface area (Å²) in [5.41, 5.74) is 0.995. The number of carbonyl (C=O) groups excluding carboxylic acids is 2. The number of Topliss-reactive ketones (excluding diaryl/α,β-unsaturated/α-hetero) is 1. The smallest absolute Gasteiger partial charge is 0.309 e. The molecule has 318 valence electrons. The molecule has 0 aromatic carbocycles. The maximum atomic E-state index is 14.6. The van der Waals surface area contributed by atoms with Crippen molar-refractivity contribution in [3.05, 3.63) is 56.6 Å². The zero-order valence-electron chi connectivity index (χ0n) is 36.8. The van der Waals surface area contributed by atoms with Crippen molar-refractivity contribution in [3.63, 3.8) is 0 Å². The van der Waals surface area contributed by atoms with E-state index in [1.807, 2.05) is 14.1 Å². The van der Waals surface area contributed by atoms with E-state index in [1.165, 1.54) is 5.57 Å². The monoisotopic (exact) mass is 818 g/mol. The molecule has 5 aliphatic rings. The number of carboxylic acid groups (broad SMARTS) is 1. The molecule has 0 unspecified atom stereocenters. The second kappa shape index (κ2) is 14.5. The van der Waals surface area contributed by atoms with Gasteiger partial charge in [0.1, 0.15) is 6.10 Å². The molecular formula is C47H67ClN4O6. The van der Waals surface area contributed by atoms with E-state index >= 15 is 0 Å². The highest BCUT2D eigenvalue weighted by molar-refractivity contribution is 6.30. The first-order valence-corrected chi connectivity index (χ1v) is 22.1. The number of hydrogen-bond donors (Lipinski definition) is 1. The van der Waals surface area contributed by atoms with Gasteiger partial charge in [0.05, 0.1) is 29.1 Å². The predicted octanol–water partition coefficient (Wildman–Crippen LogP) is 8.89. The Bertz CT molecular complexity index is 2080. The summed E-state index contributed by atoms with van der Waals surface area (Å²) in [6.07, 6.45) is 9.15. The van der Waals surface area contributed by atoms with Crippen LogP contribution in [0.15, 0.2) is 40.3 Å². The number of nitrogens with zero attached hydrogens (tertiary/aromatic N) is 4. The fourth-order valence-corrected chi connectivity index (χ4v) is 14.0. The molecule has 7 rings (SSSR count). The van der Waals surface area contributed by atoms with Crippen LogP contribution in [0, 0.1) is 50.7 Å². The van der Waals surface area contributed by atoms with Crippen molar-refractivity contribution in [3.8, 4) is 5.82 Å². The lowest BCUT2D eigenvalue weighted by Crippen LogP contribution is -2.66. The number of fused-ring (bicyclic) bond motifs is 7. The molecule has 10 nitrogen and oxygen atoms in total. The zero-order chi connectivity index (χ0) is 42.5. The third-order valence-electron chi connectivity index (χ3n) is 17.0. The minimum absolute atomic E-state index is 0.00288. The normalized spacial score (nSPS) is 34.4. The van der Waals surface area contributed by atoms with Crippen molar-refractivity contribution < 1.29 is 24.2 Å². The molecule has 0 radical (unpaired) electrons. The van der Waals surface area contributed by atoms with Gasteiger partial charge in [-0.05, 0) is 143 Å². The lowest BCUT2D eigenvalue weighted by atomic mass is 9.33. The molecule has 2 aromatic rings. The van der Waals surface area contributed by atoms with Gasteiger partial charge >= 0.3 is 11.9 Å². The SMILES string of the molecule is CC(C)C1=C2[C@H]3CC[C@@H]4[C@@]5(C)CC[C@H](OC(=O)CC(C)(C)C(=O)O)C(C)(C)[C@@H]5CC[C@@]4(C)[C@]3(C)CC[C@@]2(c2cc(=O)n(-c3ccc(Cl)cn3)n2CCN(C)C)CC1=O. The van der Waals surface area contributed by atoms with E-state index in [2.05, 4.69) is 63.0 Å². The average molecular weight is 820 g/mol. The van der Waals surface area contributed by atoms with E-state index in [0.29, 0.717) is 42.2 Å². The summed E-state index contributed by atoms with van der Waals surface area (Å²) in [5.74, 6) is 0.362. The molecule has 0 bridgehead atoms. The van der Waals surface area contributed by atoms with Crippen LogP contribution < -0.4 is 5.56 Å². The number of ketones is 1. The maximum Gasteiger partial charge on any atom is 0.309 e. The maximum absolute atomic E-state index is 14.6. The van der Waals surface area contributed by atoms with Gasteiger partial charge in [0.15, 0.2) is 11.6 Å². The summed E-state index contributed by atoms with van der Waals surface area (Å²) < 4.78 is 10.0. The Morgan fingerprint density at radius 3 is 2.31 bits per heavy atom. The van der Waals surface area contributed by atoms with Crippen LogP contribution in [0.3, 0.4) is 0 Å². The first-order valence-electron chi connectivity index (χ1n) is 21.8. The molecule has 2 aromatic heterocycles. The molecule has 0 spiro atoms. The zero-order valence-corrected chi connectivity index (χ0v) is 37.6. The van der Waals surface area contributed by atoms with E-state index in [-0.39, 0.29) is 57.4 Å². The average Bonchev–Trinajstić information content (AvgIpc) is 3.62. The van der Waals surface area contributed by atoms with Gasteiger partial charge in [0.2, 0.25) is 0 Å². The van der Waals surface area contributed by atoms with Gasteiger partial charge in [-0.3, -0.25) is 23.9 Å². The number of ether oxygens (including phenoxy) is 1. The number of carbonyl (C=O) groups is 3. The Morgan fingerprint density at radius 1 is 0.983 bits per heavy atom. The van der Waals surface area contributed by atoms with Gasteiger partial charge in [-0.1, -0.05) is 60.1 Å². The summed E-state index contributed by atoms with van der Waals surface area (Å²) in [4.78, 5) is 60.5. The molecule has 0 aliphatic heterocycles. The number of pyridine rings is 1. The van der Waals surface area contributed by atoms with Crippen LogP contribution in [0.4, 0.5) is 0 Å². The first kappa shape index (κ1) is 42.9. The van der Waals surface area contributed by atoms with Gasteiger partial charge in [-0.15, -0.1) is 0 Å². The van der Waals surface area contributed by atoms with Gasteiger partial charge < -0.3 is 14.7 Å². The number of likely N-dealkylation sites (N-methyl/N-ethyl adjacent to an activating group) is 1. The van der Waals surface area contributed by atoms with Crippen molar-refractivity contribution >= 4 is 29.3 Å². The van der Waals surface area contributed by atoms with Crippen molar-refractivity contribution in [2.24, 2.45) is 50.7 Å². The van der Waals surface area contributed by atoms with E-state index in [9.17, 15) is 24.3 Å². The molecule has 1 N–H and O–H groups in total. The largest absolute Gasteiger partial charge is 0.481 e. The van der Waals surface area contributed by atoms with Crippen LogP contribution in [0.5, 0.6) is 0 Å². The van der Waals surface area contributed by atoms with Crippen molar-refractivity contribution in [1.82, 2.24) is 19.2 Å². The van der Waals surface area contributed by atoms with Crippen LogP contribution in [-0.2, 0) is 31.1 Å². The minimum atomic E-state index is -1.18. The lowest BCUT2D eigenvalue weighted by molar-refractivity contribution is -0.232. The topological polar surface area (TPSA) is 124 Å². The van der Waals surface area contributed by atoms with E-state index in [0.717, 1.165) is 62.6 Å². The number of aliphatic carboxylic acids is 1. The van der Waals surface area contributed by atoms with E-state index in [1.54, 1.807) is 42.9 Å². The quantitative estimate of drug-likeness (QED) is 0.236. The second-order valence-electron chi connectivity index (χ2n) is 21.4. The number of carboxylic acids is 1. The third-order valence-corrected chi connectivity index (χ3v) is 17.2. The molecule has 8 atom stereocenters. The predicted molar refractivity (Wildman–Crippen MR) is 226 cm³/mol. The number of aromatic nitrogens is 3. The highest BCUT2D eigenvalue weighted by Crippen LogP contribution is 2.77. The Balaban J connectivity index is 1.27. The van der Waals surface area contributed by atoms with Crippen LogP contribution in [0.1, 0.15) is 132 Å². The first-order chi connectivity index (χ1) is 26.9. The highest BCUT2D eigenvalue weighted by atomic mass is 35.5. The standard InChI is InChI=1S/C47H67ClN4O6/c1-28(2)39-31(53)25-47(34-24-37(54)52(51(34)23-22-50(10)11)36-15-12-29(48)27-49-36)21-20-45(8)30(40(39)47)13-14-33-44(7)18-17-35(58-38(55)26-42(3,4)41(56)57)43(5,6)32(44)16-19-46(33,45)9/h12,15,24,27-28,30,32-33,35H,13-14,16-23,25-26H2,1-11H3,(H,56,57)/t30-,32+,33-,35+,44+,45-,46-,47+/m1/s1. The molecule has 0 amide bonds. The molecule has 11 heteroatoms. The van der Waals surface area contributed by atoms with Gasteiger partial charge in [-0.2, -0.15) is 4.68 Å². The Labute approximate surface area is 350 Å². The van der Waals surface area contributed by atoms with Gasteiger partial charge in [0.25, 0.3) is 5.56 Å². The number of rotatable bonds is 10. The van der Waals surface area contributed by atoms with Crippen molar-refractivity contribution in [2.75, 3.05) is 20.6 Å². The second-order valence-corrected chi connectivity index (χ2v) is 21.9. The minimum Gasteiger partial charge on any atom is -0.481 e. The Hall–Kier alpha value is -3.24. The molecule has 2 heterocycles. The molecule has 58 heavy (non-hydrogen) atoms. The summed E-state index contributed by atoms with van der Waals surface area (Å²) in [7, 11) is 4.07. The molecule has 4 fully saturated rings. The summed E-state index contributed by atoms with van der Waals surface area (Å²) in [6.45, 7) is 20.9. The van der Waals surface area contributed by atoms with Crippen LogP contribution in [-0.4, -0.2) is 68.8 Å². The molecular weight excluding hydrogens is 752 g/mol. The van der Waals surface area contributed by atoms with E-state index < -0.39 is 22.8 Å². The summed E-state index contributed by atoms with van der Waals surface area (Å²) in [6, 6.07) is 5.37. The number of halogens is 1. The Morgan fingerprint density at radius 2 is 1.69 bits per heavy atom. The highest BCUT2D eigenvalue weighted by Gasteiger charge is 2.70. The van der Waals surface area contributed by atoms with Gasteiger partial charge in [0, 0.05) is 36.1 Å². The summed E-state index contributed by atoms with van der Waals surface area (Å²) >= 11 is 6.25. The van der Waals surface area contributed by atoms with E-state index in [4.69, 9.17) is 16.3 Å². The van der Waals surface area contributed by atoms with Gasteiger partial charge in [-0.25, -0.2) is 4.98 Å². The number of allylic oxidation sites excluding steroid dienone is 2. The number of esters is 1. The number of hydrogen-bond acceptors (Lipinski definition) is 7. The van der Waals surface area contributed by atoms with Crippen molar-refractivity contribution in [2.45, 2.75) is 145 Å². The molecule has 0 saturated heterocycles. The Kier molecular flexibility index (Phi) is 10.7.